The number of hydrogen-bond donors (Lipinski definition) is 1. The number of nitrogens with one attached hydrogen (secondary N) is 1. The topological polar surface area (TPSA) is 64.0 Å². The number of fused-ring (bicyclic) bond motifs is 1. The third kappa shape index (κ3) is 3.34. The highest BCUT2D eigenvalue weighted by Crippen LogP contribution is 2.41. The Bertz CT molecular complexity index is 907. The number of halogens is 2. The number of amides is 1. The van der Waals surface area contributed by atoms with Gasteiger partial charge in [-0.1, -0.05) is 47.1 Å². The molecule has 1 aromatic carbocycles. The summed E-state index contributed by atoms with van der Waals surface area (Å²) in [6.45, 7) is 3.66. The van der Waals surface area contributed by atoms with Crippen LogP contribution in [0.1, 0.15) is 23.5 Å². The monoisotopic (exact) mass is 395 g/mol. The molecule has 5 nitrogen and oxygen atoms in total. The molecular formula is C17H15Cl2N3O2S. The number of thioether (sulfide) groups is 1. The summed E-state index contributed by atoms with van der Waals surface area (Å²) < 4.78 is 1.71. The Morgan fingerprint density at radius 2 is 2.04 bits per heavy atom. The van der Waals surface area contributed by atoms with Gasteiger partial charge in [-0.3, -0.25) is 9.59 Å². The molecular weight excluding hydrogens is 381 g/mol. The van der Waals surface area contributed by atoms with Crippen molar-refractivity contribution >= 4 is 46.7 Å². The van der Waals surface area contributed by atoms with Crippen molar-refractivity contribution in [3.63, 3.8) is 0 Å². The third-order valence-electron chi connectivity index (χ3n) is 3.98. The third-order valence-corrected chi connectivity index (χ3v) is 5.66. The molecule has 1 atom stereocenters. The van der Waals surface area contributed by atoms with Crippen LogP contribution in [0, 0.1) is 0 Å². The number of carbonyl (C=O) groups excluding carboxylic acids is 1. The SMILES string of the molecule is C=CCSc1nc(=O)c2c(n1C)NC(=O)CC2c1c(Cl)cccc1Cl. The Hall–Kier alpha value is -1.76. The van der Waals surface area contributed by atoms with Gasteiger partial charge in [-0.25, -0.2) is 0 Å². The minimum Gasteiger partial charge on any atom is -0.312 e. The molecule has 0 saturated carbocycles. The van der Waals surface area contributed by atoms with Crippen LogP contribution in [-0.2, 0) is 11.8 Å². The van der Waals surface area contributed by atoms with Crippen molar-refractivity contribution in [3.8, 4) is 0 Å². The van der Waals surface area contributed by atoms with Crippen LogP contribution in [0.25, 0.3) is 0 Å². The van der Waals surface area contributed by atoms with Gasteiger partial charge in [0.15, 0.2) is 5.16 Å². The molecule has 1 aromatic heterocycles. The van der Waals surface area contributed by atoms with Crippen LogP contribution in [0.4, 0.5) is 5.82 Å². The van der Waals surface area contributed by atoms with Crippen molar-refractivity contribution in [2.45, 2.75) is 17.5 Å². The van der Waals surface area contributed by atoms with Crippen LogP contribution in [0.5, 0.6) is 0 Å². The van der Waals surface area contributed by atoms with Crippen LogP contribution < -0.4 is 10.9 Å². The molecule has 1 aliphatic rings. The molecule has 25 heavy (non-hydrogen) atoms. The molecule has 0 aliphatic carbocycles. The zero-order valence-corrected chi connectivity index (χ0v) is 15.7. The highest BCUT2D eigenvalue weighted by atomic mass is 35.5. The summed E-state index contributed by atoms with van der Waals surface area (Å²) in [5, 5.41) is 4.14. The number of aromatic nitrogens is 2. The lowest BCUT2D eigenvalue weighted by molar-refractivity contribution is -0.116. The summed E-state index contributed by atoms with van der Waals surface area (Å²) >= 11 is 14.0. The Labute approximate surface area is 159 Å². The van der Waals surface area contributed by atoms with E-state index in [0.717, 1.165) is 0 Å². The van der Waals surface area contributed by atoms with Crippen LogP contribution >= 0.6 is 35.0 Å². The molecule has 0 fully saturated rings. The van der Waals surface area contributed by atoms with Gasteiger partial charge in [0.25, 0.3) is 5.56 Å². The normalized spacial score (nSPS) is 16.3. The summed E-state index contributed by atoms with van der Waals surface area (Å²) in [5.74, 6) is 0.306. The summed E-state index contributed by atoms with van der Waals surface area (Å²) in [5.41, 5.74) is 0.591. The first-order valence-electron chi connectivity index (χ1n) is 7.52. The first kappa shape index (κ1) is 18.0. The van der Waals surface area contributed by atoms with Gasteiger partial charge >= 0.3 is 0 Å². The number of hydrogen-bond acceptors (Lipinski definition) is 4. The van der Waals surface area contributed by atoms with Gasteiger partial charge in [-0.15, -0.1) is 6.58 Å². The fraction of sp³-hybridized carbons (Fsp3) is 0.235. The van der Waals surface area contributed by atoms with Crippen molar-refractivity contribution in [2.24, 2.45) is 7.05 Å². The Kier molecular flexibility index (Phi) is 5.22. The Balaban J connectivity index is 2.22. The van der Waals surface area contributed by atoms with Gasteiger partial charge < -0.3 is 9.88 Å². The maximum Gasteiger partial charge on any atom is 0.279 e. The lowest BCUT2D eigenvalue weighted by Crippen LogP contribution is -2.33. The molecule has 1 amide bonds. The molecule has 0 radical (unpaired) electrons. The second-order valence-electron chi connectivity index (χ2n) is 5.56. The minimum absolute atomic E-state index is 0.0898. The zero-order chi connectivity index (χ0) is 18.1. The molecule has 2 aromatic rings. The van der Waals surface area contributed by atoms with Gasteiger partial charge in [-0.2, -0.15) is 4.98 Å². The van der Waals surface area contributed by atoms with E-state index in [-0.39, 0.29) is 17.9 Å². The van der Waals surface area contributed by atoms with E-state index < -0.39 is 5.92 Å². The van der Waals surface area contributed by atoms with E-state index in [0.29, 0.717) is 37.9 Å². The molecule has 0 bridgehead atoms. The van der Waals surface area contributed by atoms with Crippen molar-refractivity contribution in [1.82, 2.24) is 9.55 Å². The molecule has 1 N–H and O–H groups in total. The number of nitrogens with zero attached hydrogens (tertiary/aromatic N) is 2. The average Bonchev–Trinajstić information content (AvgIpc) is 2.56. The van der Waals surface area contributed by atoms with E-state index in [1.54, 1.807) is 35.9 Å². The standard InChI is InChI=1S/C17H15Cl2N3O2S/c1-3-7-25-17-21-16(24)14-9(8-12(23)20-15(14)22(17)2)13-10(18)5-4-6-11(13)19/h3-6,9H,1,7-8H2,2H3,(H,20,23). The van der Waals surface area contributed by atoms with E-state index in [9.17, 15) is 9.59 Å². The van der Waals surface area contributed by atoms with Gasteiger partial charge in [0.1, 0.15) is 5.82 Å². The van der Waals surface area contributed by atoms with Crippen molar-refractivity contribution < 1.29 is 4.79 Å². The van der Waals surface area contributed by atoms with Crippen molar-refractivity contribution in [1.29, 1.82) is 0 Å². The Morgan fingerprint density at radius 1 is 1.36 bits per heavy atom. The van der Waals surface area contributed by atoms with Gasteiger partial charge in [-0.05, 0) is 17.7 Å². The molecule has 1 unspecified atom stereocenters. The first-order valence-corrected chi connectivity index (χ1v) is 9.26. The average molecular weight is 396 g/mol. The van der Waals surface area contributed by atoms with E-state index in [2.05, 4.69) is 16.9 Å². The molecule has 130 valence electrons. The lowest BCUT2D eigenvalue weighted by Gasteiger charge is -2.28. The van der Waals surface area contributed by atoms with Crippen molar-refractivity contribution in [2.75, 3.05) is 11.1 Å². The zero-order valence-electron chi connectivity index (χ0n) is 13.4. The largest absolute Gasteiger partial charge is 0.312 e. The highest BCUT2D eigenvalue weighted by Gasteiger charge is 2.34. The van der Waals surface area contributed by atoms with E-state index >= 15 is 0 Å². The summed E-state index contributed by atoms with van der Waals surface area (Å²) in [6, 6.07) is 5.12. The number of carbonyl (C=O) groups is 1. The molecule has 8 heteroatoms. The molecule has 0 saturated heterocycles. The first-order chi connectivity index (χ1) is 11.9. The smallest absolute Gasteiger partial charge is 0.279 e. The molecule has 1 aliphatic heterocycles. The van der Waals surface area contributed by atoms with Gasteiger partial charge in [0, 0.05) is 35.2 Å². The number of benzene rings is 1. The fourth-order valence-electron chi connectivity index (χ4n) is 2.89. The van der Waals surface area contributed by atoms with Crippen LogP contribution in [0.2, 0.25) is 10.0 Å². The van der Waals surface area contributed by atoms with Crippen molar-refractivity contribution in [3.05, 3.63) is 62.4 Å². The molecule has 2 heterocycles. The predicted molar refractivity (Wildman–Crippen MR) is 102 cm³/mol. The summed E-state index contributed by atoms with van der Waals surface area (Å²) in [4.78, 5) is 29.1. The molecule has 0 spiro atoms. The summed E-state index contributed by atoms with van der Waals surface area (Å²) in [7, 11) is 1.76. The van der Waals surface area contributed by atoms with Crippen LogP contribution in [0.3, 0.4) is 0 Å². The fourth-order valence-corrected chi connectivity index (χ4v) is 4.25. The van der Waals surface area contributed by atoms with Crippen LogP contribution in [-0.4, -0.2) is 21.2 Å². The minimum atomic E-state index is -0.533. The second kappa shape index (κ2) is 7.23. The molecule has 3 rings (SSSR count). The Morgan fingerprint density at radius 3 is 2.68 bits per heavy atom. The number of rotatable bonds is 4. The van der Waals surface area contributed by atoms with E-state index in [1.165, 1.54) is 11.8 Å². The van der Waals surface area contributed by atoms with Gasteiger partial charge in [0.05, 0.1) is 5.56 Å². The maximum atomic E-state index is 12.7. The second-order valence-corrected chi connectivity index (χ2v) is 7.36. The van der Waals surface area contributed by atoms with Gasteiger partial charge in [0.2, 0.25) is 5.91 Å². The predicted octanol–water partition coefficient (Wildman–Crippen LogP) is 3.84. The quantitative estimate of drug-likeness (QED) is 0.485. The van der Waals surface area contributed by atoms with E-state index in [4.69, 9.17) is 23.2 Å². The lowest BCUT2D eigenvalue weighted by atomic mass is 9.86. The van der Waals surface area contributed by atoms with Crippen LogP contribution in [0.15, 0.2) is 40.8 Å². The van der Waals surface area contributed by atoms with E-state index in [1.807, 2.05) is 0 Å². The highest BCUT2D eigenvalue weighted by molar-refractivity contribution is 7.99. The maximum absolute atomic E-state index is 12.7. The summed E-state index contributed by atoms with van der Waals surface area (Å²) in [6.07, 6.45) is 1.81. The number of anilines is 1.